The Morgan fingerprint density at radius 2 is 1.80 bits per heavy atom. The van der Waals surface area contributed by atoms with Crippen LogP contribution in [0.3, 0.4) is 0 Å². The minimum absolute atomic E-state index is 0.420. The van der Waals surface area contributed by atoms with Crippen molar-refractivity contribution in [2.75, 3.05) is 45.6 Å². The summed E-state index contributed by atoms with van der Waals surface area (Å²) in [6, 6.07) is 15.7. The number of benzene rings is 2. The number of hydrogen-bond donors (Lipinski definition) is 1. The Morgan fingerprint density at radius 3 is 2.48 bits per heavy atom. The molecule has 1 fully saturated rings. The van der Waals surface area contributed by atoms with E-state index in [4.69, 9.17) is 10.00 Å². The fourth-order valence-electron chi connectivity index (χ4n) is 4.59. The average molecular weight is 562 g/mol. The Morgan fingerprint density at radius 1 is 1.07 bits per heavy atom. The molecule has 1 aliphatic heterocycles. The highest BCUT2D eigenvalue weighted by Gasteiger charge is 2.26. The average Bonchev–Trinajstić information content (AvgIpc) is 3.17. The summed E-state index contributed by atoms with van der Waals surface area (Å²) in [5, 5.41) is 12.0. The van der Waals surface area contributed by atoms with Crippen LogP contribution in [0.15, 0.2) is 54.7 Å². The molecule has 0 radical (unpaired) electrons. The van der Waals surface area contributed by atoms with Crippen LogP contribution in [-0.2, 0) is 16.8 Å². The lowest BCUT2D eigenvalue weighted by Gasteiger charge is -2.24. The van der Waals surface area contributed by atoms with Crippen molar-refractivity contribution in [3.8, 4) is 17.7 Å². The van der Waals surface area contributed by atoms with Gasteiger partial charge in [0.05, 0.1) is 6.07 Å². The lowest BCUT2D eigenvalue weighted by Crippen LogP contribution is -2.42. The standard InChI is InChI=1S/C29H35N7O3S/c1-22-19-25(7-5-13-30)20-23(2)28(22)39-27-12-14-31-29(33-27)32-26-10-8-24(9-11-26)21-35-15-6-16-36(18-17-35)40(37,38)34(3)4/h5,7-12,14,19-20H,6,15-18,21H2,1-4H3,(H,31,32,33)/b7-5+. The molecule has 11 heteroatoms. The monoisotopic (exact) mass is 561 g/mol. The van der Waals surface area contributed by atoms with E-state index in [9.17, 15) is 8.42 Å². The first-order valence-corrected chi connectivity index (χ1v) is 14.5. The second kappa shape index (κ2) is 13.0. The van der Waals surface area contributed by atoms with Crippen molar-refractivity contribution in [1.82, 2.24) is 23.5 Å². The Bertz CT molecular complexity index is 1480. The number of hydrogen-bond acceptors (Lipinski definition) is 8. The van der Waals surface area contributed by atoms with Crippen LogP contribution in [-0.4, -0.2) is 72.2 Å². The van der Waals surface area contributed by atoms with Crippen molar-refractivity contribution in [2.45, 2.75) is 26.8 Å². The van der Waals surface area contributed by atoms with Crippen molar-refractivity contribution < 1.29 is 13.2 Å². The van der Waals surface area contributed by atoms with Gasteiger partial charge in [0.1, 0.15) is 5.75 Å². The summed E-state index contributed by atoms with van der Waals surface area (Å²) in [5.41, 5.74) is 4.82. The summed E-state index contributed by atoms with van der Waals surface area (Å²) in [7, 11) is -0.247. The van der Waals surface area contributed by atoms with Gasteiger partial charge in [-0.3, -0.25) is 4.90 Å². The molecule has 10 nitrogen and oxygen atoms in total. The number of ether oxygens (including phenoxy) is 1. The van der Waals surface area contributed by atoms with Gasteiger partial charge in [0.2, 0.25) is 11.8 Å². The number of allylic oxidation sites excluding steroid dienone is 1. The minimum Gasteiger partial charge on any atom is -0.438 e. The Labute approximate surface area is 236 Å². The van der Waals surface area contributed by atoms with Gasteiger partial charge in [-0.2, -0.15) is 27.3 Å². The largest absolute Gasteiger partial charge is 0.438 e. The predicted octanol–water partition coefficient (Wildman–Crippen LogP) is 4.48. The molecule has 1 N–H and O–H groups in total. The summed E-state index contributed by atoms with van der Waals surface area (Å²) in [4.78, 5) is 11.1. The molecule has 2 heterocycles. The van der Waals surface area contributed by atoms with E-state index in [-0.39, 0.29) is 0 Å². The second-order valence-electron chi connectivity index (χ2n) is 9.91. The third kappa shape index (κ3) is 7.43. The topological polar surface area (TPSA) is 115 Å². The molecule has 1 saturated heterocycles. The van der Waals surface area contributed by atoms with Crippen LogP contribution in [0.1, 0.15) is 28.7 Å². The minimum atomic E-state index is -3.39. The van der Waals surface area contributed by atoms with Crippen molar-refractivity contribution in [3.63, 3.8) is 0 Å². The number of aromatic nitrogens is 2. The Hall–Kier alpha value is -3.82. The first-order valence-electron chi connectivity index (χ1n) is 13.1. The number of nitrogens with zero attached hydrogens (tertiary/aromatic N) is 6. The summed E-state index contributed by atoms with van der Waals surface area (Å²) in [5.74, 6) is 1.56. The van der Waals surface area contributed by atoms with Gasteiger partial charge < -0.3 is 10.1 Å². The molecule has 1 aliphatic rings. The van der Waals surface area contributed by atoms with Gasteiger partial charge in [-0.05, 0) is 79.4 Å². The predicted molar refractivity (Wildman–Crippen MR) is 156 cm³/mol. The quantitative estimate of drug-likeness (QED) is 0.381. The molecule has 0 bridgehead atoms. The van der Waals surface area contributed by atoms with Gasteiger partial charge in [-0.15, -0.1) is 0 Å². The van der Waals surface area contributed by atoms with Crippen molar-refractivity contribution in [1.29, 1.82) is 5.26 Å². The van der Waals surface area contributed by atoms with E-state index in [1.54, 1.807) is 36.7 Å². The Kier molecular flexibility index (Phi) is 9.50. The highest BCUT2D eigenvalue weighted by Crippen LogP contribution is 2.30. The molecule has 1 aromatic heterocycles. The number of nitrogens with one attached hydrogen (secondary N) is 1. The van der Waals surface area contributed by atoms with Crippen molar-refractivity contribution >= 4 is 27.9 Å². The molecular weight excluding hydrogens is 526 g/mol. The van der Waals surface area contributed by atoms with Crippen LogP contribution in [0.25, 0.3) is 6.08 Å². The molecule has 40 heavy (non-hydrogen) atoms. The first-order chi connectivity index (χ1) is 19.2. The highest BCUT2D eigenvalue weighted by molar-refractivity contribution is 7.86. The van der Waals surface area contributed by atoms with Crippen LogP contribution in [0.4, 0.5) is 11.6 Å². The van der Waals surface area contributed by atoms with Crippen LogP contribution in [0.2, 0.25) is 0 Å². The van der Waals surface area contributed by atoms with E-state index < -0.39 is 10.2 Å². The lowest BCUT2D eigenvalue weighted by molar-refractivity contribution is 0.277. The fourth-order valence-corrected chi connectivity index (χ4v) is 5.72. The van der Waals surface area contributed by atoms with Crippen LogP contribution in [0.5, 0.6) is 11.6 Å². The number of rotatable bonds is 9. The molecule has 0 saturated carbocycles. The fraction of sp³-hybridized carbons (Fsp3) is 0.345. The maximum atomic E-state index is 12.5. The summed E-state index contributed by atoms with van der Waals surface area (Å²) < 4.78 is 33.9. The molecule has 3 aromatic rings. The van der Waals surface area contributed by atoms with Crippen LogP contribution < -0.4 is 10.1 Å². The normalized spacial score (nSPS) is 15.2. The van der Waals surface area contributed by atoms with E-state index in [0.717, 1.165) is 53.2 Å². The van der Waals surface area contributed by atoms with E-state index in [1.165, 1.54) is 10.4 Å². The van der Waals surface area contributed by atoms with Gasteiger partial charge in [0.15, 0.2) is 0 Å². The molecule has 2 aromatic carbocycles. The highest BCUT2D eigenvalue weighted by atomic mass is 32.2. The van der Waals surface area contributed by atoms with Gasteiger partial charge in [-0.25, -0.2) is 4.98 Å². The molecule has 0 amide bonds. The smallest absolute Gasteiger partial charge is 0.281 e. The lowest BCUT2D eigenvalue weighted by atomic mass is 10.1. The number of aryl methyl sites for hydroxylation is 2. The molecule has 4 rings (SSSR count). The number of nitriles is 1. The molecular formula is C29H35N7O3S. The molecule has 0 unspecified atom stereocenters. The van der Waals surface area contributed by atoms with Crippen LogP contribution in [0, 0.1) is 25.2 Å². The molecule has 0 atom stereocenters. The van der Waals surface area contributed by atoms with Gasteiger partial charge >= 0.3 is 0 Å². The van der Waals surface area contributed by atoms with Crippen molar-refractivity contribution in [2.24, 2.45) is 0 Å². The van der Waals surface area contributed by atoms with E-state index in [2.05, 4.69) is 32.3 Å². The first kappa shape index (κ1) is 29.2. The van der Waals surface area contributed by atoms with E-state index in [0.29, 0.717) is 31.5 Å². The summed E-state index contributed by atoms with van der Waals surface area (Å²) >= 11 is 0. The zero-order valence-corrected chi connectivity index (χ0v) is 24.1. The van der Waals surface area contributed by atoms with E-state index in [1.807, 2.05) is 44.2 Å². The van der Waals surface area contributed by atoms with Gasteiger partial charge in [0, 0.05) is 64.3 Å². The zero-order valence-electron chi connectivity index (χ0n) is 23.3. The maximum Gasteiger partial charge on any atom is 0.281 e. The van der Waals surface area contributed by atoms with E-state index >= 15 is 0 Å². The molecule has 210 valence electrons. The second-order valence-corrected chi connectivity index (χ2v) is 12.1. The summed E-state index contributed by atoms with van der Waals surface area (Å²) in [6.07, 6.45) is 5.66. The summed E-state index contributed by atoms with van der Waals surface area (Å²) in [6.45, 7) is 7.22. The molecule has 0 aliphatic carbocycles. The SMILES string of the molecule is Cc1cc(/C=C/C#N)cc(C)c1Oc1ccnc(Nc2ccc(CN3CCCN(S(=O)(=O)N(C)C)CC3)cc2)n1. The van der Waals surface area contributed by atoms with Crippen molar-refractivity contribution in [3.05, 3.63) is 77.0 Å². The van der Waals surface area contributed by atoms with Gasteiger partial charge in [-0.1, -0.05) is 12.1 Å². The number of anilines is 2. The van der Waals surface area contributed by atoms with Gasteiger partial charge in [0.25, 0.3) is 10.2 Å². The molecule has 0 spiro atoms. The van der Waals surface area contributed by atoms with Crippen LogP contribution >= 0.6 is 0 Å². The zero-order chi connectivity index (χ0) is 28.7. The third-order valence-electron chi connectivity index (χ3n) is 6.62. The third-order valence-corrected chi connectivity index (χ3v) is 8.56. The Balaban J connectivity index is 1.36. The maximum absolute atomic E-state index is 12.5.